The van der Waals surface area contributed by atoms with Crippen molar-refractivity contribution in [1.29, 1.82) is 0 Å². The van der Waals surface area contributed by atoms with Crippen LogP contribution in [0.3, 0.4) is 0 Å². The van der Waals surface area contributed by atoms with E-state index in [4.69, 9.17) is 33.5 Å². The normalized spacial score (nSPS) is 11.5. The number of hydrogen-bond donors (Lipinski definition) is 5. The molecule has 2 amide bonds. The number of anilines is 2. The second-order valence-electron chi connectivity index (χ2n) is 8.87. The minimum atomic E-state index is -0.519. The molecule has 0 spiro atoms. The number of nitrogens with zero attached hydrogens (tertiary/aromatic N) is 2. The molecule has 10 nitrogen and oxygen atoms in total. The standard InChI is InChI=1S/C27H34ClN7O3/c28-24-26(31)35-25(30)23(34-24)27(37)33-16-20(29)8-4-5-15-32-22(36)14-11-18-9-12-21(13-10-18)38-17-19-6-2-1-3-7-19/h1-3,6-7,9-10,12-13,20H,4-5,8,11,14-17,29H2,(H,32,36)(H,33,37)(H4,30,31,35)/t20-/m0/s1. The van der Waals surface area contributed by atoms with Crippen molar-refractivity contribution in [2.75, 3.05) is 24.6 Å². The highest BCUT2D eigenvalue weighted by atomic mass is 35.5. The summed E-state index contributed by atoms with van der Waals surface area (Å²) in [6.07, 6.45) is 3.34. The van der Waals surface area contributed by atoms with Crippen molar-refractivity contribution < 1.29 is 14.3 Å². The number of aromatic nitrogens is 2. The fraction of sp³-hybridized carbons (Fsp3) is 0.333. The zero-order valence-electron chi connectivity index (χ0n) is 21.2. The fourth-order valence-corrected chi connectivity index (χ4v) is 3.74. The Morgan fingerprint density at radius 3 is 2.39 bits per heavy atom. The topological polar surface area (TPSA) is 171 Å². The number of amides is 2. The lowest BCUT2D eigenvalue weighted by Gasteiger charge is -2.13. The van der Waals surface area contributed by atoms with E-state index in [2.05, 4.69) is 20.6 Å². The molecule has 0 bridgehead atoms. The number of hydrogen-bond acceptors (Lipinski definition) is 8. The Kier molecular flexibility index (Phi) is 11.1. The van der Waals surface area contributed by atoms with Crippen LogP contribution in [0.1, 0.15) is 47.3 Å². The monoisotopic (exact) mass is 539 g/mol. The maximum Gasteiger partial charge on any atom is 0.273 e. The molecule has 1 aromatic heterocycles. The van der Waals surface area contributed by atoms with Crippen molar-refractivity contribution in [3.05, 3.63) is 76.6 Å². The Morgan fingerprint density at radius 1 is 0.921 bits per heavy atom. The number of nitrogens with two attached hydrogens (primary N) is 3. The van der Waals surface area contributed by atoms with Crippen LogP contribution in [0.5, 0.6) is 5.75 Å². The third kappa shape index (κ3) is 9.53. The van der Waals surface area contributed by atoms with Crippen LogP contribution in [0.2, 0.25) is 5.15 Å². The number of halogens is 1. The lowest BCUT2D eigenvalue weighted by atomic mass is 10.1. The molecule has 0 aliphatic carbocycles. The number of nitrogen functional groups attached to an aromatic ring is 2. The lowest BCUT2D eigenvalue weighted by Crippen LogP contribution is -2.38. The number of aryl methyl sites for hydroxylation is 1. The van der Waals surface area contributed by atoms with E-state index in [1.807, 2.05) is 54.6 Å². The van der Waals surface area contributed by atoms with Crippen LogP contribution in [-0.2, 0) is 17.8 Å². The Labute approximate surface area is 227 Å². The molecular formula is C27H34ClN7O3. The Morgan fingerprint density at radius 2 is 1.66 bits per heavy atom. The van der Waals surface area contributed by atoms with Crippen LogP contribution in [0.25, 0.3) is 0 Å². The van der Waals surface area contributed by atoms with Crippen LogP contribution in [-0.4, -0.2) is 40.9 Å². The van der Waals surface area contributed by atoms with E-state index in [1.54, 1.807) is 0 Å². The summed E-state index contributed by atoms with van der Waals surface area (Å²) in [5.41, 5.74) is 19.4. The number of carbonyl (C=O) groups excluding carboxylic acids is 2. The predicted octanol–water partition coefficient (Wildman–Crippen LogP) is 2.85. The fourth-order valence-electron chi connectivity index (χ4n) is 3.62. The summed E-state index contributed by atoms with van der Waals surface area (Å²) in [5.74, 6) is 0.148. The first-order chi connectivity index (χ1) is 18.3. The van der Waals surface area contributed by atoms with E-state index in [0.29, 0.717) is 32.4 Å². The van der Waals surface area contributed by atoms with Crippen molar-refractivity contribution in [3.63, 3.8) is 0 Å². The van der Waals surface area contributed by atoms with E-state index in [1.165, 1.54) is 0 Å². The quantitative estimate of drug-likeness (QED) is 0.194. The van der Waals surface area contributed by atoms with Crippen molar-refractivity contribution in [3.8, 4) is 5.75 Å². The zero-order chi connectivity index (χ0) is 27.3. The van der Waals surface area contributed by atoms with Gasteiger partial charge in [0.25, 0.3) is 5.91 Å². The van der Waals surface area contributed by atoms with Gasteiger partial charge in [0.2, 0.25) is 5.91 Å². The van der Waals surface area contributed by atoms with Crippen LogP contribution >= 0.6 is 11.6 Å². The highest BCUT2D eigenvalue weighted by molar-refractivity contribution is 6.31. The summed E-state index contributed by atoms with van der Waals surface area (Å²) in [4.78, 5) is 32.1. The highest BCUT2D eigenvalue weighted by Gasteiger charge is 2.16. The third-order valence-corrected chi connectivity index (χ3v) is 6.06. The summed E-state index contributed by atoms with van der Waals surface area (Å²) in [5, 5.41) is 5.52. The van der Waals surface area contributed by atoms with Crippen LogP contribution < -0.4 is 32.6 Å². The van der Waals surface area contributed by atoms with Gasteiger partial charge in [-0.2, -0.15) is 0 Å². The first-order valence-corrected chi connectivity index (χ1v) is 12.8. The third-order valence-electron chi connectivity index (χ3n) is 5.78. The molecule has 8 N–H and O–H groups in total. The number of ether oxygens (including phenoxy) is 1. The molecule has 0 aliphatic heterocycles. The van der Waals surface area contributed by atoms with E-state index >= 15 is 0 Å². The van der Waals surface area contributed by atoms with Crippen LogP contribution in [0.4, 0.5) is 11.6 Å². The summed E-state index contributed by atoms with van der Waals surface area (Å²) >= 11 is 5.80. The van der Waals surface area contributed by atoms with Gasteiger partial charge in [0, 0.05) is 25.6 Å². The molecule has 1 atom stereocenters. The summed E-state index contributed by atoms with van der Waals surface area (Å²) in [6, 6.07) is 17.6. The first kappa shape index (κ1) is 28.7. The van der Waals surface area contributed by atoms with Gasteiger partial charge in [-0.1, -0.05) is 60.5 Å². The van der Waals surface area contributed by atoms with Gasteiger partial charge in [-0.25, -0.2) is 9.97 Å². The van der Waals surface area contributed by atoms with Gasteiger partial charge in [-0.05, 0) is 42.5 Å². The lowest BCUT2D eigenvalue weighted by molar-refractivity contribution is -0.121. The van der Waals surface area contributed by atoms with Gasteiger partial charge in [-0.3, -0.25) is 9.59 Å². The van der Waals surface area contributed by atoms with Gasteiger partial charge >= 0.3 is 0 Å². The van der Waals surface area contributed by atoms with E-state index < -0.39 is 5.91 Å². The number of benzene rings is 2. The van der Waals surface area contributed by atoms with Gasteiger partial charge in [0.05, 0.1) is 0 Å². The molecule has 0 aliphatic rings. The molecule has 38 heavy (non-hydrogen) atoms. The molecule has 0 unspecified atom stereocenters. The van der Waals surface area contributed by atoms with Gasteiger partial charge in [0.15, 0.2) is 22.5 Å². The predicted molar refractivity (Wildman–Crippen MR) is 149 cm³/mol. The molecule has 0 fully saturated rings. The molecule has 2 aromatic carbocycles. The average Bonchev–Trinajstić information content (AvgIpc) is 2.92. The van der Waals surface area contributed by atoms with E-state index in [0.717, 1.165) is 29.7 Å². The molecule has 3 rings (SSSR count). The number of rotatable bonds is 14. The Hall–Kier alpha value is -3.89. The van der Waals surface area contributed by atoms with Gasteiger partial charge < -0.3 is 32.6 Å². The number of unbranched alkanes of at least 4 members (excludes halogenated alkanes) is 1. The maximum atomic E-state index is 12.2. The molecule has 0 radical (unpaired) electrons. The average molecular weight is 540 g/mol. The zero-order valence-corrected chi connectivity index (χ0v) is 21.9. The molecule has 0 saturated carbocycles. The van der Waals surface area contributed by atoms with Gasteiger partial charge in [0.1, 0.15) is 12.4 Å². The maximum absolute atomic E-state index is 12.2. The molecule has 3 aromatic rings. The van der Waals surface area contributed by atoms with Crippen molar-refractivity contribution in [2.45, 2.75) is 44.8 Å². The van der Waals surface area contributed by atoms with E-state index in [-0.39, 0.29) is 41.0 Å². The summed E-state index contributed by atoms with van der Waals surface area (Å²) < 4.78 is 5.80. The Balaban J connectivity index is 1.24. The summed E-state index contributed by atoms with van der Waals surface area (Å²) in [7, 11) is 0. The van der Waals surface area contributed by atoms with Gasteiger partial charge in [-0.15, -0.1) is 0 Å². The number of carbonyl (C=O) groups is 2. The molecular weight excluding hydrogens is 506 g/mol. The van der Waals surface area contributed by atoms with Crippen molar-refractivity contribution in [2.24, 2.45) is 5.73 Å². The molecule has 11 heteroatoms. The molecule has 202 valence electrons. The van der Waals surface area contributed by atoms with Crippen molar-refractivity contribution >= 4 is 35.1 Å². The van der Waals surface area contributed by atoms with Crippen molar-refractivity contribution in [1.82, 2.24) is 20.6 Å². The van der Waals surface area contributed by atoms with Crippen LogP contribution in [0.15, 0.2) is 54.6 Å². The minimum absolute atomic E-state index is 0.00632. The largest absolute Gasteiger partial charge is 0.489 e. The Bertz CT molecular complexity index is 1190. The minimum Gasteiger partial charge on any atom is -0.489 e. The van der Waals surface area contributed by atoms with Crippen LogP contribution in [0, 0.1) is 0 Å². The summed E-state index contributed by atoms with van der Waals surface area (Å²) in [6.45, 7) is 1.33. The first-order valence-electron chi connectivity index (χ1n) is 12.5. The smallest absolute Gasteiger partial charge is 0.273 e. The molecule has 0 saturated heterocycles. The highest BCUT2D eigenvalue weighted by Crippen LogP contribution is 2.17. The van der Waals surface area contributed by atoms with E-state index in [9.17, 15) is 9.59 Å². The molecule has 1 heterocycles. The second-order valence-corrected chi connectivity index (χ2v) is 9.23. The number of nitrogens with one attached hydrogen (secondary N) is 2. The second kappa shape index (κ2) is 14.7. The SMILES string of the molecule is Nc1nc(N)c(C(=O)NC[C@@H](N)CCCCNC(=O)CCc2ccc(OCc3ccccc3)cc2)nc1Cl.